The van der Waals surface area contributed by atoms with Gasteiger partial charge in [0.15, 0.2) is 5.13 Å². The second kappa shape index (κ2) is 8.52. The topological polar surface area (TPSA) is 97.0 Å². The summed E-state index contributed by atoms with van der Waals surface area (Å²) >= 11 is 1.39. The number of aromatic nitrogens is 3. The van der Waals surface area contributed by atoms with Gasteiger partial charge in [-0.3, -0.25) is 4.79 Å². The number of rotatable bonds is 6. The molecule has 29 heavy (non-hydrogen) atoms. The van der Waals surface area contributed by atoms with Gasteiger partial charge in [0.2, 0.25) is 5.91 Å². The van der Waals surface area contributed by atoms with Gasteiger partial charge in [-0.25, -0.2) is 19.3 Å². The number of carbonyl (C=O) groups is 1. The number of halogens is 1. The molecule has 1 atom stereocenters. The molecule has 0 aromatic carbocycles. The van der Waals surface area contributed by atoms with Crippen molar-refractivity contribution in [3.63, 3.8) is 0 Å². The zero-order valence-electron chi connectivity index (χ0n) is 15.7. The summed E-state index contributed by atoms with van der Waals surface area (Å²) in [6.07, 6.45) is 3.96. The molecular weight excluding hydrogens is 391 g/mol. The number of hydrogen-bond donors (Lipinski definition) is 2. The molecule has 1 fully saturated rings. The molecule has 1 unspecified atom stereocenters. The van der Waals surface area contributed by atoms with Crippen LogP contribution in [0.4, 0.5) is 21.2 Å². The number of nitrogens with two attached hydrogens (primary N) is 1. The van der Waals surface area contributed by atoms with E-state index in [4.69, 9.17) is 5.73 Å². The molecule has 3 aromatic rings. The van der Waals surface area contributed by atoms with Crippen LogP contribution in [0.5, 0.6) is 0 Å². The van der Waals surface area contributed by atoms with Crippen LogP contribution in [0.15, 0.2) is 41.9 Å². The molecule has 0 radical (unpaired) electrons. The highest BCUT2D eigenvalue weighted by Gasteiger charge is 2.30. The second-order valence-electron chi connectivity index (χ2n) is 6.86. The number of aryl methyl sites for hydroxylation is 1. The van der Waals surface area contributed by atoms with Crippen LogP contribution >= 0.6 is 11.3 Å². The van der Waals surface area contributed by atoms with Crippen LogP contribution in [-0.4, -0.2) is 32.3 Å². The molecular formula is C20H21FN6OS. The lowest BCUT2D eigenvalue weighted by atomic mass is 10.1. The van der Waals surface area contributed by atoms with Gasteiger partial charge in [-0.2, -0.15) is 0 Å². The Morgan fingerprint density at radius 2 is 2.17 bits per heavy atom. The fourth-order valence-electron chi connectivity index (χ4n) is 3.48. The fraction of sp³-hybridized carbons (Fsp3) is 0.300. The molecule has 150 valence electrons. The normalized spacial score (nSPS) is 16.2. The Morgan fingerprint density at radius 3 is 2.93 bits per heavy atom. The summed E-state index contributed by atoms with van der Waals surface area (Å²) < 4.78 is 13.0. The summed E-state index contributed by atoms with van der Waals surface area (Å²) in [5.41, 5.74) is 7.35. The van der Waals surface area contributed by atoms with E-state index >= 15 is 0 Å². The quantitative estimate of drug-likeness (QED) is 0.641. The van der Waals surface area contributed by atoms with Crippen molar-refractivity contribution in [1.29, 1.82) is 0 Å². The molecule has 3 aromatic heterocycles. The van der Waals surface area contributed by atoms with E-state index in [1.165, 1.54) is 17.4 Å². The molecule has 1 aliphatic rings. The number of nitrogens with one attached hydrogen (secondary N) is 1. The Hall–Kier alpha value is -3.07. The molecule has 7 nitrogen and oxygen atoms in total. The van der Waals surface area contributed by atoms with Crippen LogP contribution in [0.3, 0.4) is 0 Å². The van der Waals surface area contributed by atoms with E-state index in [1.807, 2.05) is 28.5 Å². The van der Waals surface area contributed by atoms with Crippen LogP contribution in [0.25, 0.3) is 0 Å². The third kappa shape index (κ3) is 4.68. The summed E-state index contributed by atoms with van der Waals surface area (Å²) in [6.45, 7) is 0.724. The molecule has 0 aliphatic carbocycles. The van der Waals surface area contributed by atoms with E-state index in [-0.39, 0.29) is 11.9 Å². The summed E-state index contributed by atoms with van der Waals surface area (Å²) in [5, 5.41) is 5.49. The lowest BCUT2D eigenvalue weighted by molar-refractivity contribution is -0.132. The molecule has 0 saturated carbocycles. The SMILES string of the molecule is Nc1nc(CCC(=O)N2CCCC2c2cccc(Nc3ccc(F)cn3)n2)cs1. The number of pyridine rings is 2. The van der Waals surface area contributed by atoms with Crippen LogP contribution < -0.4 is 11.1 Å². The lowest BCUT2D eigenvalue weighted by Gasteiger charge is -2.24. The van der Waals surface area contributed by atoms with Gasteiger partial charge in [-0.05, 0) is 43.5 Å². The molecule has 4 heterocycles. The molecule has 9 heteroatoms. The van der Waals surface area contributed by atoms with E-state index in [0.29, 0.717) is 29.6 Å². The summed E-state index contributed by atoms with van der Waals surface area (Å²) in [6, 6.07) is 8.49. The van der Waals surface area contributed by atoms with Crippen molar-refractivity contribution >= 4 is 34.0 Å². The Bertz CT molecular complexity index is 993. The Labute approximate surface area is 171 Å². The van der Waals surface area contributed by atoms with Crippen LogP contribution in [-0.2, 0) is 11.2 Å². The molecule has 0 spiro atoms. The lowest BCUT2D eigenvalue weighted by Crippen LogP contribution is -2.31. The second-order valence-corrected chi connectivity index (χ2v) is 7.75. The van der Waals surface area contributed by atoms with Gasteiger partial charge in [-0.1, -0.05) is 6.07 Å². The number of nitrogens with zero attached hydrogens (tertiary/aromatic N) is 4. The highest BCUT2D eigenvalue weighted by atomic mass is 32.1. The largest absolute Gasteiger partial charge is 0.375 e. The Balaban J connectivity index is 1.43. The van der Waals surface area contributed by atoms with Crippen molar-refractivity contribution < 1.29 is 9.18 Å². The minimum Gasteiger partial charge on any atom is -0.375 e. The van der Waals surface area contributed by atoms with Crippen molar-refractivity contribution in [1.82, 2.24) is 19.9 Å². The predicted octanol–water partition coefficient (Wildman–Crippen LogP) is 3.69. The average molecular weight is 412 g/mol. The summed E-state index contributed by atoms with van der Waals surface area (Å²) in [7, 11) is 0. The minimum atomic E-state index is -0.391. The molecule has 4 rings (SSSR count). The van der Waals surface area contributed by atoms with Gasteiger partial charge in [-0.15, -0.1) is 11.3 Å². The Morgan fingerprint density at radius 1 is 1.28 bits per heavy atom. The number of anilines is 3. The number of thiazole rings is 1. The minimum absolute atomic E-state index is 0.0501. The van der Waals surface area contributed by atoms with Crippen molar-refractivity contribution in [2.75, 3.05) is 17.6 Å². The maximum Gasteiger partial charge on any atom is 0.223 e. The molecule has 3 N–H and O–H groups in total. The maximum atomic E-state index is 13.0. The average Bonchev–Trinajstić information content (AvgIpc) is 3.37. The van der Waals surface area contributed by atoms with Gasteiger partial charge in [0.25, 0.3) is 0 Å². The first kappa shape index (κ1) is 19.3. The smallest absolute Gasteiger partial charge is 0.223 e. The van der Waals surface area contributed by atoms with Crippen LogP contribution in [0.2, 0.25) is 0 Å². The van der Waals surface area contributed by atoms with E-state index in [2.05, 4.69) is 20.3 Å². The number of carbonyl (C=O) groups excluding carboxylic acids is 1. The van der Waals surface area contributed by atoms with Gasteiger partial charge in [0.05, 0.1) is 23.6 Å². The van der Waals surface area contributed by atoms with Gasteiger partial charge in [0.1, 0.15) is 17.5 Å². The monoisotopic (exact) mass is 412 g/mol. The molecule has 1 aliphatic heterocycles. The van der Waals surface area contributed by atoms with E-state index in [0.717, 1.165) is 37.0 Å². The fourth-order valence-corrected chi connectivity index (χ4v) is 4.07. The van der Waals surface area contributed by atoms with Gasteiger partial charge < -0.3 is 16.0 Å². The number of hydrogen-bond acceptors (Lipinski definition) is 7. The summed E-state index contributed by atoms with van der Waals surface area (Å²) in [4.78, 5) is 27.6. The molecule has 1 amide bonds. The maximum absolute atomic E-state index is 13.0. The van der Waals surface area contributed by atoms with E-state index in [1.54, 1.807) is 6.07 Å². The third-order valence-corrected chi connectivity index (χ3v) is 5.56. The molecule has 0 bridgehead atoms. The van der Waals surface area contributed by atoms with Gasteiger partial charge in [0, 0.05) is 18.3 Å². The number of amides is 1. The first-order valence-corrected chi connectivity index (χ1v) is 10.3. The predicted molar refractivity (Wildman–Crippen MR) is 110 cm³/mol. The summed E-state index contributed by atoms with van der Waals surface area (Å²) in [5.74, 6) is 0.828. The third-order valence-electron chi connectivity index (χ3n) is 4.83. The zero-order chi connectivity index (χ0) is 20.2. The van der Waals surface area contributed by atoms with E-state index in [9.17, 15) is 9.18 Å². The highest BCUT2D eigenvalue weighted by Crippen LogP contribution is 2.32. The molecule has 1 saturated heterocycles. The van der Waals surface area contributed by atoms with Crippen molar-refractivity contribution in [2.24, 2.45) is 0 Å². The highest BCUT2D eigenvalue weighted by molar-refractivity contribution is 7.13. The van der Waals surface area contributed by atoms with Crippen LogP contribution in [0.1, 0.15) is 36.7 Å². The zero-order valence-corrected chi connectivity index (χ0v) is 16.5. The van der Waals surface area contributed by atoms with Crippen molar-refractivity contribution in [3.8, 4) is 0 Å². The van der Waals surface area contributed by atoms with E-state index < -0.39 is 5.82 Å². The van der Waals surface area contributed by atoms with Crippen molar-refractivity contribution in [2.45, 2.75) is 31.7 Å². The van der Waals surface area contributed by atoms with Gasteiger partial charge >= 0.3 is 0 Å². The van der Waals surface area contributed by atoms with Crippen molar-refractivity contribution in [3.05, 3.63) is 59.1 Å². The Kier molecular flexibility index (Phi) is 5.66. The first-order chi connectivity index (χ1) is 14.1. The van der Waals surface area contributed by atoms with Crippen LogP contribution in [0, 0.1) is 5.82 Å². The number of likely N-dealkylation sites (tertiary alicyclic amines) is 1. The standard InChI is InChI=1S/C20H21FN6OS/c21-13-6-8-17(23-11-13)26-18-5-1-3-15(25-18)16-4-2-10-27(16)19(28)9-7-14-12-29-20(22)24-14/h1,3,5-6,8,11-12,16H,2,4,7,9-10H2,(H2,22,24)(H,23,25,26). The first-order valence-electron chi connectivity index (χ1n) is 9.43. The number of nitrogen functional groups attached to an aromatic ring is 1.